The summed E-state index contributed by atoms with van der Waals surface area (Å²) in [6.45, 7) is 1.48. The van der Waals surface area contributed by atoms with Crippen LogP contribution in [0.15, 0.2) is 18.2 Å². The van der Waals surface area contributed by atoms with Gasteiger partial charge in [-0.1, -0.05) is 6.07 Å². The van der Waals surface area contributed by atoms with Gasteiger partial charge in [0.15, 0.2) is 0 Å². The van der Waals surface area contributed by atoms with Crippen LogP contribution in [-0.4, -0.2) is 29.5 Å². The van der Waals surface area contributed by atoms with E-state index in [4.69, 9.17) is 0 Å². The number of para-hydroxylation sites is 1. The molecule has 1 aromatic carbocycles. The van der Waals surface area contributed by atoms with Crippen LogP contribution < -0.4 is 4.90 Å². The number of nitro benzene ring substituents is 1. The third kappa shape index (κ3) is 2.69. The Kier molecular flexibility index (Phi) is 3.83. The van der Waals surface area contributed by atoms with Crippen LogP contribution in [0.4, 0.5) is 15.8 Å². The fourth-order valence-corrected chi connectivity index (χ4v) is 2.81. The van der Waals surface area contributed by atoms with Crippen molar-refractivity contribution in [1.29, 1.82) is 0 Å². The van der Waals surface area contributed by atoms with Gasteiger partial charge >= 0.3 is 5.69 Å². The van der Waals surface area contributed by atoms with E-state index in [2.05, 4.69) is 0 Å². The van der Waals surface area contributed by atoms with Crippen LogP contribution in [0.1, 0.15) is 6.42 Å². The Labute approximate surface area is 103 Å². The highest BCUT2D eigenvalue weighted by atomic mass is 32.2. The second-order valence-corrected chi connectivity index (χ2v) is 5.04. The van der Waals surface area contributed by atoms with Crippen LogP contribution in [0.2, 0.25) is 0 Å². The van der Waals surface area contributed by atoms with Crippen molar-refractivity contribution >= 4 is 23.1 Å². The molecular formula is C11H13FN2O2S. The number of rotatable bonds is 2. The van der Waals surface area contributed by atoms with E-state index < -0.39 is 16.4 Å². The summed E-state index contributed by atoms with van der Waals surface area (Å²) in [6, 6.07) is 4.28. The monoisotopic (exact) mass is 256 g/mol. The summed E-state index contributed by atoms with van der Waals surface area (Å²) >= 11 is 1.83. The number of thioether (sulfide) groups is 1. The van der Waals surface area contributed by atoms with E-state index in [0.29, 0.717) is 5.69 Å². The number of nitrogens with zero attached hydrogens (tertiary/aromatic N) is 2. The first-order valence-electron chi connectivity index (χ1n) is 5.46. The van der Waals surface area contributed by atoms with Crippen LogP contribution in [0.25, 0.3) is 0 Å². The molecule has 4 nitrogen and oxygen atoms in total. The standard InChI is InChI=1S/C11H13FN2O2S/c12-9-3-1-4-10(11(9)14(15)16)13-5-2-7-17-8-6-13/h1,3-4H,2,5-8H2. The van der Waals surface area contributed by atoms with Gasteiger partial charge in [0.1, 0.15) is 5.69 Å². The molecule has 17 heavy (non-hydrogen) atoms. The van der Waals surface area contributed by atoms with Crippen LogP contribution >= 0.6 is 11.8 Å². The Balaban J connectivity index is 2.36. The Morgan fingerprint density at radius 3 is 2.94 bits per heavy atom. The first-order chi connectivity index (χ1) is 8.20. The molecule has 0 bridgehead atoms. The number of hydrogen-bond acceptors (Lipinski definition) is 4. The van der Waals surface area contributed by atoms with Gasteiger partial charge in [-0.3, -0.25) is 10.1 Å². The molecule has 0 amide bonds. The van der Waals surface area contributed by atoms with E-state index in [-0.39, 0.29) is 0 Å². The second kappa shape index (κ2) is 5.35. The number of nitro groups is 1. The molecule has 6 heteroatoms. The highest BCUT2D eigenvalue weighted by Crippen LogP contribution is 2.31. The molecule has 0 radical (unpaired) electrons. The molecule has 1 saturated heterocycles. The van der Waals surface area contributed by atoms with Gasteiger partial charge in [0, 0.05) is 18.8 Å². The van der Waals surface area contributed by atoms with Gasteiger partial charge < -0.3 is 4.90 Å². The normalized spacial score (nSPS) is 16.6. The quantitative estimate of drug-likeness (QED) is 0.603. The summed E-state index contributed by atoms with van der Waals surface area (Å²) in [7, 11) is 0. The van der Waals surface area contributed by atoms with Crippen molar-refractivity contribution in [2.24, 2.45) is 0 Å². The summed E-state index contributed by atoms with van der Waals surface area (Å²) in [5.74, 6) is 1.22. The smallest absolute Gasteiger partial charge is 0.327 e. The average Bonchev–Trinajstić information content (AvgIpc) is 2.56. The molecule has 92 valence electrons. The Hall–Kier alpha value is -1.30. The highest BCUT2D eigenvalue weighted by molar-refractivity contribution is 7.99. The lowest BCUT2D eigenvalue weighted by Crippen LogP contribution is -2.26. The van der Waals surface area contributed by atoms with Gasteiger partial charge in [0.05, 0.1) is 4.92 Å². The van der Waals surface area contributed by atoms with E-state index in [1.54, 1.807) is 6.07 Å². The van der Waals surface area contributed by atoms with Crippen molar-refractivity contribution in [3.8, 4) is 0 Å². The van der Waals surface area contributed by atoms with E-state index in [1.165, 1.54) is 6.07 Å². The zero-order chi connectivity index (χ0) is 12.3. The number of anilines is 1. The Morgan fingerprint density at radius 2 is 2.18 bits per heavy atom. The molecule has 1 aliphatic heterocycles. The minimum Gasteiger partial charge on any atom is -0.365 e. The predicted octanol–water partition coefficient (Wildman–Crippen LogP) is 2.68. The van der Waals surface area contributed by atoms with Crippen molar-refractivity contribution < 1.29 is 9.31 Å². The fourth-order valence-electron chi connectivity index (χ4n) is 1.93. The fraction of sp³-hybridized carbons (Fsp3) is 0.455. The zero-order valence-corrected chi connectivity index (χ0v) is 10.1. The molecule has 1 aliphatic rings. The molecule has 1 heterocycles. The summed E-state index contributed by atoms with van der Waals surface area (Å²) in [4.78, 5) is 12.2. The number of benzene rings is 1. The van der Waals surface area contributed by atoms with Crippen molar-refractivity contribution in [2.45, 2.75) is 6.42 Å². The maximum absolute atomic E-state index is 13.5. The molecule has 1 fully saturated rings. The summed E-state index contributed by atoms with van der Waals surface area (Å²) < 4.78 is 13.5. The molecule has 2 rings (SSSR count). The Bertz CT molecular complexity index is 420. The summed E-state index contributed by atoms with van der Waals surface area (Å²) in [5, 5.41) is 10.9. The second-order valence-electron chi connectivity index (χ2n) is 3.82. The van der Waals surface area contributed by atoms with E-state index >= 15 is 0 Å². The van der Waals surface area contributed by atoms with Crippen LogP contribution in [0, 0.1) is 15.9 Å². The van der Waals surface area contributed by atoms with Crippen molar-refractivity contribution in [2.75, 3.05) is 29.5 Å². The molecule has 0 unspecified atom stereocenters. The lowest BCUT2D eigenvalue weighted by Gasteiger charge is -2.21. The van der Waals surface area contributed by atoms with E-state index in [9.17, 15) is 14.5 Å². The average molecular weight is 256 g/mol. The molecule has 0 spiro atoms. The molecular weight excluding hydrogens is 243 g/mol. The molecule has 0 saturated carbocycles. The van der Waals surface area contributed by atoms with E-state index in [1.807, 2.05) is 16.7 Å². The van der Waals surface area contributed by atoms with Gasteiger partial charge in [-0.05, 0) is 24.3 Å². The highest BCUT2D eigenvalue weighted by Gasteiger charge is 2.24. The maximum Gasteiger partial charge on any atom is 0.327 e. The predicted molar refractivity (Wildman–Crippen MR) is 67.2 cm³/mol. The summed E-state index contributed by atoms with van der Waals surface area (Å²) in [5.41, 5.74) is -0.00287. The SMILES string of the molecule is O=[N+]([O-])c1c(F)cccc1N1CCCSCC1. The molecule has 0 N–H and O–H groups in total. The Morgan fingerprint density at radius 1 is 1.35 bits per heavy atom. The van der Waals surface area contributed by atoms with Crippen molar-refractivity contribution in [3.63, 3.8) is 0 Å². The lowest BCUT2D eigenvalue weighted by atomic mass is 10.2. The molecule has 0 aliphatic carbocycles. The number of halogens is 1. The van der Waals surface area contributed by atoms with Crippen LogP contribution in [0.5, 0.6) is 0 Å². The van der Waals surface area contributed by atoms with Crippen molar-refractivity contribution in [1.82, 2.24) is 0 Å². The molecule has 0 aromatic heterocycles. The largest absolute Gasteiger partial charge is 0.365 e. The maximum atomic E-state index is 13.5. The van der Waals surface area contributed by atoms with Gasteiger partial charge in [-0.15, -0.1) is 0 Å². The number of hydrogen-bond donors (Lipinski definition) is 0. The van der Waals surface area contributed by atoms with Crippen LogP contribution in [0.3, 0.4) is 0 Å². The zero-order valence-electron chi connectivity index (χ0n) is 9.26. The first-order valence-corrected chi connectivity index (χ1v) is 6.61. The van der Waals surface area contributed by atoms with Gasteiger partial charge in [-0.2, -0.15) is 16.2 Å². The minimum absolute atomic E-state index is 0.400. The van der Waals surface area contributed by atoms with E-state index in [0.717, 1.165) is 37.1 Å². The van der Waals surface area contributed by atoms with Gasteiger partial charge in [0.2, 0.25) is 5.82 Å². The van der Waals surface area contributed by atoms with Gasteiger partial charge in [0.25, 0.3) is 0 Å². The third-order valence-corrected chi connectivity index (χ3v) is 3.76. The molecule has 0 atom stereocenters. The molecule has 1 aromatic rings. The topological polar surface area (TPSA) is 46.4 Å². The summed E-state index contributed by atoms with van der Waals surface area (Å²) in [6.07, 6.45) is 0.971. The first kappa shape index (κ1) is 12.2. The van der Waals surface area contributed by atoms with Crippen LogP contribution in [-0.2, 0) is 0 Å². The third-order valence-electron chi connectivity index (χ3n) is 2.71. The lowest BCUT2D eigenvalue weighted by molar-refractivity contribution is -0.386. The van der Waals surface area contributed by atoms with Crippen molar-refractivity contribution in [3.05, 3.63) is 34.1 Å². The minimum atomic E-state index is -0.760. The van der Waals surface area contributed by atoms with Gasteiger partial charge in [-0.25, -0.2) is 0 Å².